The van der Waals surface area contributed by atoms with Gasteiger partial charge in [-0.1, -0.05) is 0 Å². The van der Waals surface area contributed by atoms with E-state index in [1.165, 1.54) is 6.20 Å². The van der Waals surface area contributed by atoms with Crippen molar-refractivity contribution < 1.29 is 19.4 Å². The maximum atomic E-state index is 11.1. The third kappa shape index (κ3) is 2.28. The number of aliphatic hydroxyl groups excluding tert-OH is 1. The first-order valence-electron chi connectivity index (χ1n) is 4.49. The van der Waals surface area contributed by atoms with Crippen LogP contribution in [0.4, 0.5) is 0 Å². The molecule has 1 N–H and O–H groups in total. The topological polar surface area (TPSA) is 81.4 Å². The van der Waals surface area contributed by atoms with Crippen LogP contribution in [0.3, 0.4) is 0 Å². The monoisotopic (exact) mass is 224 g/mol. The predicted octanol–water partition coefficient (Wildman–Crippen LogP) is 0.370. The van der Waals surface area contributed by atoms with Gasteiger partial charge in [0.15, 0.2) is 0 Å². The second kappa shape index (κ2) is 4.61. The van der Waals surface area contributed by atoms with E-state index < -0.39 is 11.8 Å². The van der Waals surface area contributed by atoms with Gasteiger partial charge < -0.3 is 9.84 Å². The van der Waals surface area contributed by atoms with Gasteiger partial charge in [0.1, 0.15) is 5.76 Å². The molecule has 0 atom stereocenters. The molecule has 0 unspecified atom stereocenters. The van der Waals surface area contributed by atoms with Gasteiger partial charge in [0, 0.05) is 18.8 Å². The van der Waals surface area contributed by atoms with Gasteiger partial charge in [-0.05, 0) is 6.92 Å². The van der Waals surface area contributed by atoms with Gasteiger partial charge >= 0.3 is 5.97 Å². The Kier molecular flexibility index (Phi) is 3.44. The predicted molar refractivity (Wildman–Crippen MR) is 55.6 cm³/mol. The first-order chi connectivity index (χ1) is 7.47. The Morgan fingerprint density at radius 2 is 2.19 bits per heavy atom. The number of hydrogen-bond donors (Lipinski definition) is 1. The van der Waals surface area contributed by atoms with E-state index in [0.717, 1.165) is 13.2 Å². The highest BCUT2D eigenvalue weighted by atomic mass is 16.5. The van der Waals surface area contributed by atoms with Crippen molar-refractivity contribution in [2.24, 2.45) is 7.05 Å². The van der Waals surface area contributed by atoms with Gasteiger partial charge in [0.05, 0.1) is 18.9 Å². The Morgan fingerprint density at radius 1 is 1.56 bits per heavy atom. The molecule has 0 amide bonds. The lowest BCUT2D eigenvalue weighted by molar-refractivity contribution is -0.149. The molecule has 1 heterocycles. The fraction of sp³-hybridized carbons (Fsp3) is 0.300. The van der Waals surface area contributed by atoms with E-state index in [1.807, 2.05) is 0 Å². The zero-order valence-electron chi connectivity index (χ0n) is 9.22. The van der Waals surface area contributed by atoms with Gasteiger partial charge in [-0.2, -0.15) is 5.10 Å². The Morgan fingerprint density at radius 3 is 2.62 bits per heavy atom. The summed E-state index contributed by atoms with van der Waals surface area (Å²) in [6, 6.07) is 0. The summed E-state index contributed by atoms with van der Waals surface area (Å²) in [5, 5.41) is 13.5. The number of carbonyl (C=O) groups is 2. The standard InChI is InChI=1S/C10H12N2O4/c1-6-7(5-11-12(6)2)8(13)4-9(14)10(15)16-3/h4-5,13H,1-3H3. The summed E-state index contributed by atoms with van der Waals surface area (Å²) in [4.78, 5) is 22.0. The van der Waals surface area contributed by atoms with Crippen LogP contribution < -0.4 is 0 Å². The van der Waals surface area contributed by atoms with E-state index in [2.05, 4.69) is 9.84 Å². The highest BCUT2D eigenvalue weighted by Crippen LogP contribution is 2.14. The first-order valence-corrected chi connectivity index (χ1v) is 4.49. The van der Waals surface area contributed by atoms with Crippen molar-refractivity contribution in [3.63, 3.8) is 0 Å². The van der Waals surface area contributed by atoms with Crippen LogP contribution in [0.5, 0.6) is 0 Å². The average Bonchev–Trinajstić information content (AvgIpc) is 2.58. The lowest BCUT2D eigenvalue weighted by Crippen LogP contribution is -2.13. The maximum Gasteiger partial charge on any atom is 0.378 e. The number of rotatable bonds is 3. The molecule has 16 heavy (non-hydrogen) atoms. The smallest absolute Gasteiger partial charge is 0.378 e. The summed E-state index contributed by atoms with van der Waals surface area (Å²) < 4.78 is 5.76. The van der Waals surface area contributed by atoms with Crippen molar-refractivity contribution in [3.05, 3.63) is 23.5 Å². The fourth-order valence-electron chi connectivity index (χ4n) is 1.11. The van der Waals surface area contributed by atoms with Gasteiger partial charge in [-0.3, -0.25) is 9.48 Å². The lowest BCUT2D eigenvalue weighted by Gasteiger charge is -1.99. The Balaban J connectivity index is 2.98. The number of esters is 1. The van der Waals surface area contributed by atoms with Crippen molar-refractivity contribution in [1.82, 2.24) is 9.78 Å². The molecule has 6 heteroatoms. The van der Waals surface area contributed by atoms with Crippen LogP contribution in [0.1, 0.15) is 11.3 Å². The molecular formula is C10H12N2O4. The molecule has 1 aromatic rings. The molecule has 0 saturated heterocycles. The van der Waals surface area contributed by atoms with Crippen molar-refractivity contribution in [3.8, 4) is 0 Å². The summed E-state index contributed by atoms with van der Waals surface area (Å²) in [6.45, 7) is 1.73. The SMILES string of the molecule is COC(=O)C(=O)C=C(O)c1cnn(C)c1C. The molecule has 1 rings (SSSR count). The van der Waals surface area contributed by atoms with Crippen LogP contribution in [0.25, 0.3) is 5.76 Å². The minimum atomic E-state index is -1.02. The van der Waals surface area contributed by atoms with Gasteiger partial charge in [0.25, 0.3) is 5.78 Å². The Labute approximate surface area is 92.1 Å². The van der Waals surface area contributed by atoms with E-state index in [4.69, 9.17) is 0 Å². The second-order valence-electron chi connectivity index (χ2n) is 3.15. The quantitative estimate of drug-likeness (QED) is 0.347. The highest BCUT2D eigenvalue weighted by molar-refractivity contribution is 6.39. The molecular weight excluding hydrogens is 212 g/mol. The Hall–Kier alpha value is -2.11. The maximum absolute atomic E-state index is 11.1. The number of aryl methyl sites for hydroxylation is 1. The number of aromatic nitrogens is 2. The number of ketones is 1. The van der Waals surface area contributed by atoms with Gasteiger partial charge in [-0.25, -0.2) is 4.79 Å². The molecule has 0 aromatic carbocycles. The minimum absolute atomic E-state index is 0.305. The van der Waals surface area contributed by atoms with Crippen LogP contribution in [0, 0.1) is 6.92 Å². The van der Waals surface area contributed by atoms with Crippen molar-refractivity contribution >= 4 is 17.5 Å². The van der Waals surface area contributed by atoms with E-state index in [-0.39, 0.29) is 5.76 Å². The normalized spacial score (nSPS) is 11.3. The number of hydrogen-bond acceptors (Lipinski definition) is 5. The third-order valence-electron chi connectivity index (χ3n) is 2.17. The molecule has 0 aliphatic rings. The largest absolute Gasteiger partial charge is 0.507 e. The first kappa shape index (κ1) is 12.0. The van der Waals surface area contributed by atoms with Crippen LogP contribution in [-0.2, 0) is 21.4 Å². The van der Waals surface area contributed by atoms with E-state index in [1.54, 1.807) is 18.7 Å². The van der Waals surface area contributed by atoms with Crippen molar-refractivity contribution in [2.45, 2.75) is 6.92 Å². The summed E-state index contributed by atoms with van der Waals surface area (Å²) in [5.74, 6) is -2.24. The number of ether oxygens (including phenoxy) is 1. The van der Waals surface area contributed by atoms with Crippen LogP contribution in [-0.4, -0.2) is 33.7 Å². The van der Waals surface area contributed by atoms with Crippen molar-refractivity contribution in [2.75, 3.05) is 7.11 Å². The third-order valence-corrected chi connectivity index (χ3v) is 2.17. The fourth-order valence-corrected chi connectivity index (χ4v) is 1.11. The van der Waals surface area contributed by atoms with E-state index in [9.17, 15) is 14.7 Å². The molecule has 0 fully saturated rings. The molecule has 0 aliphatic heterocycles. The zero-order valence-corrected chi connectivity index (χ0v) is 9.22. The minimum Gasteiger partial charge on any atom is -0.507 e. The molecule has 0 saturated carbocycles. The molecule has 0 bridgehead atoms. The lowest BCUT2D eigenvalue weighted by atomic mass is 10.2. The number of carbonyl (C=O) groups excluding carboxylic acids is 2. The zero-order chi connectivity index (χ0) is 12.3. The summed E-state index contributed by atoms with van der Waals surface area (Å²) in [5.41, 5.74) is 1.09. The number of aliphatic hydroxyl groups is 1. The van der Waals surface area contributed by atoms with E-state index in [0.29, 0.717) is 11.3 Å². The highest BCUT2D eigenvalue weighted by Gasteiger charge is 2.15. The Bertz CT molecular complexity index is 459. The summed E-state index contributed by atoms with van der Waals surface area (Å²) in [6.07, 6.45) is 2.22. The average molecular weight is 224 g/mol. The van der Waals surface area contributed by atoms with E-state index >= 15 is 0 Å². The number of methoxy groups -OCH3 is 1. The number of nitrogens with zero attached hydrogens (tertiary/aromatic N) is 2. The molecule has 86 valence electrons. The van der Waals surface area contributed by atoms with Crippen LogP contribution in [0.15, 0.2) is 12.3 Å². The molecule has 0 spiro atoms. The summed E-state index contributed by atoms with van der Waals surface area (Å²) in [7, 11) is 2.80. The van der Waals surface area contributed by atoms with Crippen molar-refractivity contribution in [1.29, 1.82) is 0 Å². The molecule has 0 radical (unpaired) electrons. The summed E-state index contributed by atoms with van der Waals surface area (Å²) >= 11 is 0. The second-order valence-corrected chi connectivity index (χ2v) is 3.15. The van der Waals surface area contributed by atoms with Crippen LogP contribution >= 0.6 is 0 Å². The van der Waals surface area contributed by atoms with Gasteiger partial charge in [0.2, 0.25) is 0 Å². The molecule has 6 nitrogen and oxygen atoms in total. The van der Waals surface area contributed by atoms with Gasteiger partial charge in [-0.15, -0.1) is 0 Å². The molecule has 0 aliphatic carbocycles. The molecule has 1 aromatic heterocycles. The van der Waals surface area contributed by atoms with Crippen LogP contribution in [0.2, 0.25) is 0 Å².